The first-order valence-corrected chi connectivity index (χ1v) is 9.26. The molecule has 3 unspecified atom stereocenters. The normalized spacial score (nSPS) is 33.9. The summed E-state index contributed by atoms with van der Waals surface area (Å²) < 4.78 is 0. The molecule has 3 saturated carbocycles. The van der Waals surface area contributed by atoms with Gasteiger partial charge in [-0.15, -0.1) is 10.2 Å². The van der Waals surface area contributed by atoms with Crippen LogP contribution in [0.5, 0.6) is 0 Å². The van der Waals surface area contributed by atoms with Gasteiger partial charge in [-0.2, -0.15) is 0 Å². The van der Waals surface area contributed by atoms with Crippen LogP contribution in [0.1, 0.15) is 73.7 Å². The van der Waals surface area contributed by atoms with Crippen molar-refractivity contribution in [2.75, 3.05) is 0 Å². The maximum absolute atomic E-state index is 4.50. The highest BCUT2D eigenvalue weighted by molar-refractivity contribution is 7.11. The second-order valence-electron chi connectivity index (χ2n) is 7.00. The predicted octanol–water partition coefficient (Wildman–Crippen LogP) is 3.86. The van der Waals surface area contributed by atoms with Crippen molar-refractivity contribution in [1.82, 2.24) is 15.5 Å². The third kappa shape index (κ3) is 2.91. The van der Waals surface area contributed by atoms with Crippen molar-refractivity contribution in [3.8, 4) is 0 Å². The molecule has 0 aromatic carbocycles. The maximum atomic E-state index is 4.50. The first kappa shape index (κ1) is 13.2. The van der Waals surface area contributed by atoms with Crippen LogP contribution in [-0.4, -0.2) is 16.2 Å². The Morgan fingerprint density at radius 1 is 0.950 bits per heavy atom. The Morgan fingerprint density at radius 3 is 2.65 bits per heavy atom. The lowest BCUT2D eigenvalue weighted by atomic mass is 9.68. The highest BCUT2D eigenvalue weighted by Crippen LogP contribution is 2.46. The van der Waals surface area contributed by atoms with Crippen molar-refractivity contribution in [3.63, 3.8) is 0 Å². The van der Waals surface area contributed by atoms with E-state index < -0.39 is 0 Å². The van der Waals surface area contributed by atoms with Gasteiger partial charge in [0.15, 0.2) is 0 Å². The standard InChI is InChI=1S/C16H25N3S/c1-2-4-12-9-13(6-5-11(12)3-1)16-19-18-15(20-16)10-17-14-7-8-14/h11-14,17H,1-10H2. The van der Waals surface area contributed by atoms with E-state index in [1.165, 1.54) is 67.8 Å². The number of nitrogens with one attached hydrogen (secondary N) is 1. The number of rotatable bonds is 4. The summed E-state index contributed by atoms with van der Waals surface area (Å²) in [5.74, 6) is 2.73. The van der Waals surface area contributed by atoms with E-state index in [9.17, 15) is 0 Å². The summed E-state index contributed by atoms with van der Waals surface area (Å²) in [6, 6.07) is 0.764. The van der Waals surface area contributed by atoms with E-state index in [1.807, 2.05) is 11.3 Å². The monoisotopic (exact) mass is 291 g/mol. The summed E-state index contributed by atoms with van der Waals surface area (Å²) >= 11 is 1.86. The van der Waals surface area contributed by atoms with Gasteiger partial charge in [0.05, 0.1) is 0 Å². The average Bonchev–Trinajstić information content (AvgIpc) is 3.21. The van der Waals surface area contributed by atoms with Crippen LogP contribution >= 0.6 is 11.3 Å². The minimum absolute atomic E-state index is 0.710. The van der Waals surface area contributed by atoms with Crippen molar-refractivity contribution in [1.29, 1.82) is 0 Å². The molecule has 3 fully saturated rings. The fourth-order valence-electron chi connectivity index (χ4n) is 4.12. The number of hydrogen-bond acceptors (Lipinski definition) is 4. The number of hydrogen-bond donors (Lipinski definition) is 1. The Kier molecular flexibility index (Phi) is 3.78. The van der Waals surface area contributed by atoms with E-state index in [0.717, 1.165) is 24.4 Å². The van der Waals surface area contributed by atoms with E-state index in [1.54, 1.807) is 0 Å². The minimum atomic E-state index is 0.710. The highest BCUT2D eigenvalue weighted by atomic mass is 32.1. The molecule has 0 bridgehead atoms. The molecule has 1 aromatic heterocycles. The third-order valence-electron chi connectivity index (χ3n) is 5.49. The molecule has 110 valence electrons. The zero-order valence-corrected chi connectivity index (χ0v) is 13.0. The van der Waals surface area contributed by atoms with Crippen LogP contribution in [0.3, 0.4) is 0 Å². The fourth-order valence-corrected chi connectivity index (χ4v) is 5.06. The zero-order chi connectivity index (χ0) is 13.4. The first-order chi connectivity index (χ1) is 9.88. The Bertz CT molecular complexity index is 454. The van der Waals surface area contributed by atoms with Gasteiger partial charge >= 0.3 is 0 Å². The molecule has 0 amide bonds. The van der Waals surface area contributed by atoms with Gasteiger partial charge in [0.2, 0.25) is 0 Å². The van der Waals surface area contributed by atoms with Crippen LogP contribution in [0, 0.1) is 11.8 Å². The lowest BCUT2D eigenvalue weighted by Crippen LogP contribution is -2.26. The largest absolute Gasteiger partial charge is 0.308 e. The molecule has 1 N–H and O–H groups in total. The van der Waals surface area contributed by atoms with Crippen molar-refractivity contribution in [2.45, 2.75) is 76.3 Å². The Hall–Kier alpha value is -0.480. The van der Waals surface area contributed by atoms with E-state index in [0.29, 0.717) is 5.92 Å². The van der Waals surface area contributed by atoms with Crippen LogP contribution in [0.2, 0.25) is 0 Å². The van der Waals surface area contributed by atoms with Crippen molar-refractivity contribution in [3.05, 3.63) is 10.0 Å². The van der Waals surface area contributed by atoms with Crippen molar-refractivity contribution in [2.24, 2.45) is 11.8 Å². The molecule has 0 spiro atoms. The average molecular weight is 291 g/mol. The minimum Gasteiger partial charge on any atom is -0.308 e. The molecular weight excluding hydrogens is 266 g/mol. The second-order valence-corrected chi connectivity index (χ2v) is 8.10. The van der Waals surface area contributed by atoms with Crippen molar-refractivity contribution < 1.29 is 0 Å². The van der Waals surface area contributed by atoms with Gasteiger partial charge in [0.25, 0.3) is 0 Å². The van der Waals surface area contributed by atoms with Crippen LogP contribution in [0.4, 0.5) is 0 Å². The van der Waals surface area contributed by atoms with E-state index >= 15 is 0 Å². The summed E-state index contributed by atoms with van der Waals surface area (Å²) in [5, 5.41) is 15.0. The molecule has 20 heavy (non-hydrogen) atoms. The lowest BCUT2D eigenvalue weighted by Gasteiger charge is -2.38. The van der Waals surface area contributed by atoms with Gasteiger partial charge in [0.1, 0.15) is 10.0 Å². The molecule has 3 aliphatic rings. The molecule has 4 rings (SSSR count). The molecule has 0 saturated heterocycles. The van der Waals surface area contributed by atoms with E-state index in [2.05, 4.69) is 15.5 Å². The van der Waals surface area contributed by atoms with Gasteiger partial charge < -0.3 is 5.32 Å². The van der Waals surface area contributed by atoms with E-state index in [4.69, 9.17) is 0 Å². The second kappa shape index (κ2) is 5.72. The summed E-state index contributed by atoms with van der Waals surface area (Å²) in [6.07, 6.45) is 12.8. The summed E-state index contributed by atoms with van der Waals surface area (Å²) in [4.78, 5) is 0. The smallest absolute Gasteiger partial charge is 0.131 e. The quantitative estimate of drug-likeness (QED) is 0.915. The summed E-state index contributed by atoms with van der Waals surface area (Å²) in [6.45, 7) is 0.932. The SMILES string of the molecule is C1CCC2CC(c3nnc(CNC4CC4)s3)CCC2C1. The van der Waals surface area contributed by atoms with Crippen LogP contribution in [-0.2, 0) is 6.54 Å². The van der Waals surface area contributed by atoms with Crippen molar-refractivity contribution >= 4 is 11.3 Å². The molecule has 0 aliphatic heterocycles. The van der Waals surface area contributed by atoms with Gasteiger partial charge in [-0.3, -0.25) is 0 Å². The molecule has 3 atom stereocenters. The molecule has 3 aliphatic carbocycles. The molecule has 1 heterocycles. The lowest BCUT2D eigenvalue weighted by molar-refractivity contribution is 0.155. The Balaban J connectivity index is 1.37. The van der Waals surface area contributed by atoms with E-state index in [-0.39, 0.29) is 0 Å². The summed E-state index contributed by atoms with van der Waals surface area (Å²) in [7, 11) is 0. The fraction of sp³-hybridized carbons (Fsp3) is 0.875. The zero-order valence-electron chi connectivity index (χ0n) is 12.2. The van der Waals surface area contributed by atoms with Gasteiger partial charge in [-0.05, 0) is 43.9 Å². The molecule has 3 nitrogen and oxygen atoms in total. The Labute approximate surface area is 125 Å². The predicted molar refractivity (Wildman–Crippen MR) is 81.8 cm³/mol. The third-order valence-corrected chi connectivity index (χ3v) is 6.58. The number of fused-ring (bicyclic) bond motifs is 1. The Morgan fingerprint density at radius 2 is 1.80 bits per heavy atom. The summed E-state index contributed by atoms with van der Waals surface area (Å²) in [5.41, 5.74) is 0. The molecule has 0 radical (unpaired) electrons. The first-order valence-electron chi connectivity index (χ1n) is 8.44. The van der Waals surface area contributed by atoms with Crippen LogP contribution in [0.15, 0.2) is 0 Å². The number of nitrogens with zero attached hydrogens (tertiary/aromatic N) is 2. The van der Waals surface area contributed by atoms with Crippen LogP contribution in [0.25, 0.3) is 0 Å². The maximum Gasteiger partial charge on any atom is 0.131 e. The molecular formula is C16H25N3S. The molecule has 4 heteroatoms. The highest BCUT2D eigenvalue weighted by Gasteiger charge is 2.34. The van der Waals surface area contributed by atoms with Gasteiger partial charge in [0, 0.05) is 18.5 Å². The topological polar surface area (TPSA) is 37.8 Å². The van der Waals surface area contributed by atoms with Crippen LogP contribution < -0.4 is 5.32 Å². The van der Waals surface area contributed by atoms with Gasteiger partial charge in [-0.1, -0.05) is 37.0 Å². The number of aromatic nitrogens is 2. The molecule has 1 aromatic rings. The van der Waals surface area contributed by atoms with Gasteiger partial charge in [-0.25, -0.2) is 0 Å².